The van der Waals surface area contributed by atoms with E-state index in [1.807, 2.05) is 6.08 Å². The van der Waals surface area contributed by atoms with Gasteiger partial charge < -0.3 is 4.90 Å². The number of nitrogens with zero attached hydrogens (tertiary/aromatic N) is 2. The Balaban J connectivity index is 2.07. The van der Waals surface area contributed by atoms with Crippen LogP contribution in [0.1, 0.15) is 18.5 Å². The van der Waals surface area contributed by atoms with E-state index in [-0.39, 0.29) is 5.56 Å². The van der Waals surface area contributed by atoms with Gasteiger partial charge in [-0.05, 0) is 31.4 Å². The minimum absolute atomic E-state index is 0.0193. The van der Waals surface area contributed by atoms with E-state index in [9.17, 15) is 8.78 Å². The number of aryl methyl sites for hydroxylation is 1. The molecule has 0 bridgehead atoms. The van der Waals surface area contributed by atoms with Gasteiger partial charge in [-0.25, -0.2) is 13.8 Å². The summed E-state index contributed by atoms with van der Waals surface area (Å²) in [4.78, 5) is 6.69. The van der Waals surface area contributed by atoms with Crippen molar-refractivity contribution >= 4 is 16.3 Å². The second-order valence-electron chi connectivity index (χ2n) is 5.06. The zero-order valence-electron chi connectivity index (χ0n) is 11.6. The monoisotopic (exact) mass is 306 g/mol. The van der Waals surface area contributed by atoms with Crippen molar-refractivity contribution in [1.29, 1.82) is 0 Å². The van der Waals surface area contributed by atoms with Crippen molar-refractivity contribution in [2.75, 3.05) is 18.0 Å². The maximum absolute atomic E-state index is 13.9. The Morgan fingerprint density at radius 1 is 1.29 bits per heavy atom. The molecule has 0 saturated carbocycles. The molecule has 1 aromatic heterocycles. The Labute approximate surface area is 126 Å². The van der Waals surface area contributed by atoms with Crippen LogP contribution in [0, 0.1) is 11.6 Å². The molecule has 0 saturated heterocycles. The summed E-state index contributed by atoms with van der Waals surface area (Å²) in [6, 6.07) is 3.91. The van der Waals surface area contributed by atoms with E-state index < -0.39 is 11.6 Å². The van der Waals surface area contributed by atoms with Crippen LogP contribution in [0.3, 0.4) is 0 Å². The van der Waals surface area contributed by atoms with Gasteiger partial charge in [-0.15, -0.1) is 6.58 Å². The van der Waals surface area contributed by atoms with Crippen molar-refractivity contribution in [3.05, 3.63) is 48.2 Å². The quantitative estimate of drug-likeness (QED) is 0.781. The van der Waals surface area contributed by atoms with Crippen LogP contribution in [0.5, 0.6) is 0 Å². The van der Waals surface area contributed by atoms with Gasteiger partial charge >= 0.3 is 0 Å². The third-order valence-electron chi connectivity index (χ3n) is 3.58. The Morgan fingerprint density at radius 3 is 2.76 bits per heavy atom. The van der Waals surface area contributed by atoms with Crippen LogP contribution < -0.4 is 4.90 Å². The van der Waals surface area contributed by atoms with E-state index in [4.69, 9.17) is 0 Å². The lowest BCUT2D eigenvalue weighted by Crippen LogP contribution is -2.22. The predicted octanol–water partition coefficient (Wildman–Crippen LogP) is 4.42. The van der Waals surface area contributed by atoms with Crippen molar-refractivity contribution in [2.24, 2.45) is 0 Å². The number of fused-ring (bicyclic) bond motifs is 1. The fraction of sp³-hybridized carbons (Fsp3) is 0.312. The van der Waals surface area contributed by atoms with Crippen molar-refractivity contribution < 1.29 is 8.78 Å². The summed E-state index contributed by atoms with van der Waals surface area (Å²) >= 11 is 1.37. The number of anilines is 1. The van der Waals surface area contributed by atoms with E-state index >= 15 is 0 Å². The summed E-state index contributed by atoms with van der Waals surface area (Å²) in [5, 5.41) is 1.44. The highest BCUT2D eigenvalue weighted by Crippen LogP contribution is 2.38. The van der Waals surface area contributed by atoms with E-state index in [0.717, 1.165) is 43.0 Å². The number of rotatable bonds is 3. The zero-order chi connectivity index (χ0) is 14.8. The molecule has 2 aromatic rings. The summed E-state index contributed by atoms with van der Waals surface area (Å²) in [7, 11) is 0. The van der Waals surface area contributed by atoms with E-state index in [1.54, 1.807) is 0 Å². The first-order valence-corrected chi connectivity index (χ1v) is 7.82. The Morgan fingerprint density at radius 2 is 2.05 bits per heavy atom. The van der Waals surface area contributed by atoms with Crippen molar-refractivity contribution in [3.63, 3.8) is 0 Å². The molecule has 0 fully saturated rings. The largest absolute Gasteiger partial charge is 0.358 e. The average Bonchev–Trinajstić information content (AvgIpc) is 2.77. The summed E-state index contributed by atoms with van der Waals surface area (Å²) in [6.07, 6.45) is 4.84. The van der Waals surface area contributed by atoms with E-state index in [0.29, 0.717) is 5.01 Å². The van der Waals surface area contributed by atoms with Crippen LogP contribution in [0.2, 0.25) is 0 Å². The van der Waals surface area contributed by atoms with Gasteiger partial charge in [0.25, 0.3) is 0 Å². The van der Waals surface area contributed by atoms with Crippen LogP contribution in [0.15, 0.2) is 30.9 Å². The van der Waals surface area contributed by atoms with Gasteiger partial charge in [-0.3, -0.25) is 0 Å². The molecule has 0 N–H and O–H groups in total. The summed E-state index contributed by atoms with van der Waals surface area (Å²) in [5.74, 6) is -1.12. The van der Waals surface area contributed by atoms with Crippen molar-refractivity contribution in [3.8, 4) is 10.6 Å². The van der Waals surface area contributed by atoms with Crippen LogP contribution >= 0.6 is 11.3 Å². The fourth-order valence-electron chi connectivity index (χ4n) is 2.59. The van der Waals surface area contributed by atoms with Crippen molar-refractivity contribution in [1.82, 2.24) is 4.98 Å². The minimum Gasteiger partial charge on any atom is -0.358 e. The molecule has 21 heavy (non-hydrogen) atoms. The smallest absolute Gasteiger partial charge is 0.136 e. The van der Waals surface area contributed by atoms with Crippen LogP contribution in [0.25, 0.3) is 10.6 Å². The molecular weight excluding hydrogens is 290 g/mol. The second-order valence-corrected chi connectivity index (χ2v) is 6.04. The molecule has 0 aliphatic carbocycles. The average molecular weight is 306 g/mol. The standard InChI is InChI=1S/C16H16F2N2S/c1-2-9-20-10-4-3-8-13-16(20)21-15(19-13)14-11(17)6-5-7-12(14)18/h2,5-7H,1,3-4,8-10H2. The predicted molar refractivity (Wildman–Crippen MR) is 82.8 cm³/mol. The number of thiazole rings is 1. The number of halogens is 2. The molecule has 0 atom stereocenters. The molecule has 0 radical (unpaired) electrons. The van der Waals surface area contributed by atoms with Crippen LogP contribution in [-0.2, 0) is 6.42 Å². The lowest BCUT2D eigenvalue weighted by Gasteiger charge is -2.19. The third kappa shape index (κ3) is 2.70. The normalized spacial score (nSPS) is 14.7. The van der Waals surface area contributed by atoms with E-state index in [2.05, 4.69) is 16.5 Å². The Hall–Kier alpha value is -1.75. The molecule has 2 nitrogen and oxygen atoms in total. The first-order chi connectivity index (χ1) is 10.2. The van der Waals surface area contributed by atoms with Crippen LogP contribution in [-0.4, -0.2) is 18.1 Å². The highest BCUT2D eigenvalue weighted by Gasteiger charge is 2.23. The van der Waals surface area contributed by atoms with Crippen molar-refractivity contribution in [2.45, 2.75) is 19.3 Å². The summed E-state index contributed by atoms with van der Waals surface area (Å²) in [6.45, 7) is 5.44. The highest BCUT2D eigenvalue weighted by atomic mass is 32.1. The number of hydrogen-bond donors (Lipinski definition) is 0. The lowest BCUT2D eigenvalue weighted by molar-refractivity contribution is 0.589. The molecule has 0 spiro atoms. The second kappa shape index (κ2) is 5.93. The number of aromatic nitrogens is 1. The maximum atomic E-state index is 13.9. The Bertz CT molecular complexity index is 646. The topological polar surface area (TPSA) is 16.1 Å². The fourth-order valence-corrected chi connectivity index (χ4v) is 3.79. The molecule has 1 aromatic carbocycles. The first-order valence-electron chi connectivity index (χ1n) is 7.00. The number of hydrogen-bond acceptors (Lipinski definition) is 3. The minimum atomic E-state index is -0.561. The molecule has 5 heteroatoms. The van der Waals surface area contributed by atoms with E-state index in [1.165, 1.54) is 29.5 Å². The molecule has 2 heterocycles. The molecule has 1 aliphatic rings. The van der Waals surface area contributed by atoms with Crippen LogP contribution in [0.4, 0.5) is 13.8 Å². The molecule has 0 amide bonds. The summed E-state index contributed by atoms with van der Waals surface area (Å²) in [5.41, 5.74) is 0.922. The Kier molecular flexibility index (Phi) is 4.01. The van der Waals surface area contributed by atoms with Gasteiger partial charge in [-0.2, -0.15) is 0 Å². The SMILES string of the molecule is C=CCN1CCCCc2nc(-c3c(F)cccc3F)sc21. The third-order valence-corrected chi connectivity index (χ3v) is 4.76. The van der Waals surface area contributed by atoms with Gasteiger partial charge in [0.1, 0.15) is 21.6 Å². The molecule has 110 valence electrons. The van der Waals surface area contributed by atoms with Gasteiger partial charge in [0, 0.05) is 13.1 Å². The van der Waals surface area contributed by atoms with Gasteiger partial charge in [-0.1, -0.05) is 23.5 Å². The maximum Gasteiger partial charge on any atom is 0.136 e. The highest BCUT2D eigenvalue weighted by molar-refractivity contribution is 7.19. The molecule has 3 rings (SSSR count). The lowest BCUT2D eigenvalue weighted by atomic mass is 10.2. The van der Waals surface area contributed by atoms with Gasteiger partial charge in [0.05, 0.1) is 11.3 Å². The first kappa shape index (κ1) is 14.2. The van der Waals surface area contributed by atoms with Gasteiger partial charge in [0.15, 0.2) is 0 Å². The molecular formula is C16H16F2N2S. The zero-order valence-corrected chi connectivity index (χ0v) is 12.4. The molecule has 1 aliphatic heterocycles. The summed E-state index contributed by atoms with van der Waals surface area (Å²) < 4.78 is 27.8. The number of benzene rings is 1. The molecule has 0 unspecified atom stereocenters. The van der Waals surface area contributed by atoms with Gasteiger partial charge in [0.2, 0.25) is 0 Å².